The van der Waals surface area contributed by atoms with E-state index in [-0.39, 0.29) is 23.0 Å². The molecule has 1 aliphatic carbocycles. The molecular weight excluding hydrogens is 538 g/mol. The van der Waals surface area contributed by atoms with Crippen molar-refractivity contribution in [1.82, 2.24) is 10.2 Å². The number of hydrogen-bond donors (Lipinski definition) is 2. The van der Waals surface area contributed by atoms with Crippen molar-refractivity contribution < 1.29 is 14.3 Å². The summed E-state index contributed by atoms with van der Waals surface area (Å²) in [7, 11) is 1.87. The Morgan fingerprint density at radius 1 is 1.06 bits per heavy atom. The number of amides is 2. The number of carbonyl (C=O) groups excluding carboxylic acids is 2. The number of benzene rings is 2. The SMILES string of the molecule is CCCCCCOc1ccc(Br)cc1C(=O)NC(=S)Nc1ccccc1C(=O)N(C)C1CCCCC1. The fourth-order valence-corrected chi connectivity index (χ4v) is 5.01. The van der Waals surface area contributed by atoms with Gasteiger partial charge in [-0.2, -0.15) is 0 Å². The largest absolute Gasteiger partial charge is 0.493 e. The number of hydrogen-bond acceptors (Lipinski definition) is 4. The zero-order chi connectivity index (χ0) is 25.9. The van der Waals surface area contributed by atoms with Crippen LogP contribution in [0.1, 0.15) is 85.4 Å². The number of anilines is 1. The van der Waals surface area contributed by atoms with Gasteiger partial charge in [0.15, 0.2) is 5.11 Å². The van der Waals surface area contributed by atoms with Crippen molar-refractivity contribution in [3.8, 4) is 5.75 Å². The van der Waals surface area contributed by atoms with Gasteiger partial charge in [-0.05, 0) is 61.8 Å². The fourth-order valence-electron chi connectivity index (χ4n) is 4.44. The van der Waals surface area contributed by atoms with Gasteiger partial charge in [0.25, 0.3) is 11.8 Å². The molecule has 0 heterocycles. The summed E-state index contributed by atoms with van der Waals surface area (Å²) in [6, 6.07) is 12.9. The van der Waals surface area contributed by atoms with Crippen molar-refractivity contribution in [2.45, 2.75) is 70.8 Å². The molecule has 0 saturated heterocycles. The first kappa shape index (κ1) is 28.1. The van der Waals surface area contributed by atoms with Crippen LogP contribution in [0.4, 0.5) is 5.69 Å². The van der Waals surface area contributed by atoms with Gasteiger partial charge in [0.05, 0.1) is 23.4 Å². The maximum absolute atomic E-state index is 13.3. The number of nitrogens with zero attached hydrogens (tertiary/aromatic N) is 1. The molecule has 2 aromatic carbocycles. The molecule has 2 amide bonds. The van der Waals surface area contributed by atoms with Crippen molar-refractivity contribution >= 4 is 50.8 Å². The lowest BCUT2D eigenvalue weighted by Gasteiger charge is -2.31. The van der Waals surface area contributed by atoms with Crippen LogP contribution in [-0.2, 0) is 0 Å². The van der Waals surface area contributed by atoms with Gasteiger partial charge >= 0.3 is 0 Å². The van der Waals surface area contributed by atoms with E-state index in [0.717, 1.165) is 55.8 Å². The molecule has 0 spiro atoms. The predicted octanol–water partition coefficient (Wildman–Crippen LogP) is 6.94. The maximum Gasteiger partial charge on any atom is 0.261 e. The molecule has 194 valence electrons. The molecule has 8 heteroatoms. The van der Waals surface area contributed by atoms with Gasteiger partial charge in [-0.1, -0.05) is 73.5 Å². The summed E-state index contributed by atoms with van der Waals surface area (Å²) in [6.45, 7) is 2.72. The second-order valence-corrected chi connectivity index (χ2v) is 10.5. The minimum Gasteiger partial charge on any atom is -0.493 e. The standard InChI is InChI=1S/C28H36BrN3O3S/c1-3-4-5-11-18-35-25-17-16-20(29)19-23(25)26(33)31-28(36)30-24-15-10-9-14-22(24)27(34)32(2)21-12-7-6-8-13-21/h9-10,14-17,19,21H,3-8,11-13,18H2,1-2H3,(H2,30,31,33,36). The van der Waals surface area contributed by atoms with E-state index >= 15 is 0 Å². The third-order valence-electron chi connectivity index (χ3n) is 6.52. The van der Waals surface area contributed by atoms with E-state index in [2.05, 4.69) is 33.5 Å². The topological polar surface area (TPSA) is 70.7 Å². The van der Waals surface area contributed by atoms with Gasteiger partial charge in [0.1, 0.15) is 5.75 Å². The Kier molecular flexibility index (Phi) is 11.2. The molecule has 0 bridgehead atoms. The van der Waals surface area contributed by atoms with Crippen molar-refractivity contribution in [1.29, 1.82) is 0 Å². The Bertz CT molecular complexity index is 1060. The van der Waals surface area contributed by atoms with Crippen molar-refractivity contribution in [3.05, 3.63) is 58.1 Å². The average Bonchev–Trinajstić information content (AvgIpc) is 2.89. The summed E-state index contributed by atoms with van der Waals surface area (Å²) in [5.74, 6) is 0.0880. The summed E-state index contributed by atoms with van der Waals surface area (Å²) in [5, 5.41) is 5.91. The second kappa shape index (κ2) is 14.3. The van der Waals surface area contributed by atoms with Crippen molar-refractivity contribution in [2.24, 2.45) is 0 Å². The molecule has 0 atom stereocenters. The van der Waals surface area contributed by atoms with E-state index in [1.807, 2.05) is 30.1 Å². The number of para-hydroxylation sites is 1. The van der Waals surface area contributed by atoms with Crippen molar-refractivity contribution in [2.75, 3.05) is 19.0 Å². The van der Waals surface area contributed by atoms with Crippen LogP contribution in [0.2, 0.25) is 0 Å². The Balaban J connectivity index is 1.65. The lowest BCUT2D eigenvalue weighted by atomic mass is 9.94. The summed E-state index contributed by atoms with van der Waals surface area (Å²) in [6.07, 6.45) is 9.94. The van der Waals surface area contributed by atoms with Gasteiger partial charge in [0, 0.05) is 17.6 Å². The summed E-state index contributed by atoms with van der Waals surface area (Å²) >= 11 is 8.87. The molecule has 1 saturated carbocycles. The van der Waals surface area contributed by atoms with E-state index in [1.54, 1.807) is 24.3 Å². The number of rotatable bonds is 10. The average molecular weight is 575 g/mol. The third-order valence-corrected chi connectivity index (χ3v) is 7.21. The number of halogens is 1. The zero-order valence-electron chi connectivity index (χ0n) is 21.1. The number of nitrogens with one attached hydrogen (secondary N) is 2. The Labute approximate surface area is 228 Å². The van der Waals surface area contributed by atoms with E-state index in [9.17, 15) is 9.59 Å². The van der Waals surface area contributed by atoms with Gasteiger partial charge in [0.2, 0.25) is 0 Å². The monoisotopic (exact) mass is 573 g/mol. The molecule has 0 aliphatic heterocycles. The Hall–Kier alpha value is -2.45. The number of ether oxygens (including phenoxy) is 1. The quantitative estimate of drug-likeness (QED) is 0.238. The first-order valence-electron chi connectivity index (χ1n) is 12.8. The van der Waals surface area contributed by atoms with Gasteiger partial charge in [-0.25, -0.2) is 0 Å². The molecule has 0 unspecified atom stereocenters. The normalized spacial score (nSPS) is 13.6. The van der Waals surface area contributed by atoms with Crippen LogP contribution < -0.4 is 15.4 Å². The predicted molar refractivity (Wildman–Crippen MR) is 153 cm³/mol. The summed E-state index contributed by atoms with van der Waals surface area (Å²) in [5.41, 5.74) is 1.49. The summed E-state index contributed by atoms with van der Waals surface area (Å²) < 4.78 is 6.67. The van der Waals surface area contributed by atoms with E-state index in [4.69, 9.17) is 17.0 Å². The van der Waals surface area contributed by atoms with Gasteiger partial charge in [-0.3, -0.25) is 14.9 Å². The highest BCUT2D eigenvalue weighted by Gasteiger charge is 2.25. The van der Waals surface area contributed by atoms with E-state index < -0.39 is 0 Å². The molecule has 36 heavy (non-hydrogen) atoms. The van der Waals surface area contributed by atoms with Crippen LogP contribution in [0.3, 0.4) is 0 Å². The van der Waals surface area contributed by atoms with Gasteiger partial charge < -0.3 is 15.0 Å². The first-order chi connectivity index (χ1) is 17.4. The van der Waals surface area contributed by atoms with Crippen LogP contribution in [-0.4, -0.2) is 41.5 Å². The molecule has 1 aliphatic rings. The molecule has 0 radical (unpaired) electrons. The molecule has 6 nitrogen and oxygen atoms in total. The molecule has 3 rings (SSSR count). The molecule has 2 N–H and O–H groups in total. The maximum atomic E-state index is 13.3. The van der Waals surface area contributed by atoms with Gasteiger partial charge in [-0.15, -0.1) is 0 Å². The fraction of sp³-hybridized carbons (Fsp3) is 0.464. The number of carbonyl (C=O) groups is 2. The highest BCUT2D eigenvalue weighted by molar-refractivity contribution is 9.10. The van der Waals surface area contributed by atoms with Crippen LogP contribution in [0, 0.1) is 0 Å². The van der Waals surface area contributed by atoms with Crippen LogP contribution in [0.5, 0.6) is 5.75 Å². The van der Waals surface area contributed by atoms with E-state index in [1.165, 1.54) is 6.42 Å². The molecule has 2 aromatic rings. The zero-order valence-corrected chi connectivity index (χ0v) is 23.6. The van der Waals surface area contributed by atoms with Crippen molar-refractivity contribution in [3.63, 3.8) is 0 Å². The third kappa shape index (κ3) is 8.03. The Morgan fingerprint density at radius 2 is 1.81 bits per heavy atom. The van der Waals surface area contributed by atoms with E-state index in [0.29, 0.717) is 29.2 Å². The molecular formula is C28H36BrN3O3S. The minimum absolute atomic E-state index is 0.0510. The Morgan fingerprint density at radius 3 is 2.56 bits per heavy atom. The summed E-state index contributed by atoms with van der Waals surface area (Å²) in [4.78, 5) is 28.2. The molecule has 1 fully saturated rings. The highest BCUT2D eigenvalue weighted by Crippen LogP contribution is 2.26. The molecule has 0 aromatic heterocycles. The lowest BCUT2D eigenvalue weighted by molar-refractivity contribution is 0.0697. The smallest absolute Gasteiger partial charge is 0.261 e. The van der Waals surface area contributed by atoms with Crippen LogP contribution in [0.15, 0.2) is 46.9 Å². The number of unbranched alkanes of at least 4 members (excludes halogenated alkanes) is 3. The highest BCUT2D eigenvalue weighted by atomic mass is 79.9. The lowest BCUT2D eigenvalue weighted by Crippen LogP contribution is -2.39. The number of thiocarbonyl (C=S) groups is 1. The second-order valence-electron chi connectivity index (χ2n) is 9.21. The van der Waals surface area contributed by atoms with Crippen LogP contribution >= 0.6 is 28.1 Å². The first-order valence-corrected chi connectivity index (χ1v) is 14.0. The van der Waals surface area contributed by atoms with Crippen LogP contribution in [0.25, 0.3) is 0 Å². The minimum atomic E-state index is -0.375.